The summed E-state index contributed by atoms with van der Waals surface area (Å²) in [5, 5.41) is 5.44. The molecule has 4 aromatic rings. The van der Waals surface area contributed by atoms with E-state index in [0.29, 0.717) is 43.1 Å². The third kappa shape index (κ3) is 5.82. The van der Waals surface area contributed by atoms with Gasteiger partial charge < -0.3 is 4.74 Å². The van der Waals surface area contributed by atoms with E-state index in [1.807, 2.05) is 26.0 Å². The Balaban J connectivity index is 1.78. The molecule has 1 atom stereocenters. The number of benzene rings is 3. The predicted molar refractivity (Wildman–Crippen MR) is 145 cm³/mol. The van der Waals surface area contributed by atoms with Gasteiger partial charge in [0.2, 0.25) is 0 Å². The second-order valence-electron chi connectivity index (χ2n) is 8.03. The van der Waals surface area contributed by atoms with E-state index < -0.39 is 0 Å². The molecule has 0 saturated carbocycles. The molecular weight excluding hydrogens is 601 g/mol. The Morgan fingerprint density at radius 3 is 2.74 bits per heavy atom. The molecule has 0 aliphatic rings. The fourth-order valence-corrected chi connectivity index (χ4v) is 4.82. The first-order valence-corrected chi connectivity index (χ1v) is 12.9. The van der Waals surface area contributed by atoms with Crippen molar-refractivity contribution in [2.75, 3.05) is 0 Å². The van der Waals surface area contributed by atoms with Gasteiger partial charge in [-0.3, -0.25) is 4.79 Å². The Bertz CT molecular complexity index is 1490. The molecule has 0 saturated heterocycles. The van der Waals surface area contributed by atoms with E-state index in [4.69, 9.17) is 21.3 Å². The molecule has 0 amide bonds. The summed E-state index contributed by atoms with van der Waals surface area (Å²) in [6.07, 6.45) is 2.31. The van der Waals surface area contributed by atoms with Gasteiger partial charge in [-0.15, -0.1) is 0 Å². The molecule has 4 rings (SSSR count). The number of hydrogen-bond acceptors (Lipinski definition) is 4. The van der Waals surface area contributed by atoms with Crippen LogP contribution in [0.5, 0.6) is 5.75 Å². The minimum atomic E-state index is -0.338. The number of aromatic nitrogens is 2. The maximum Gasteiger partial charge on any atom is 0.282 e. The summed E-state index contributed by atoms with van der Waals surface area (Å²) in [4.78, 5) is 18.1. The predicted octanol–water partition coefficient (Wildman–Crippen LogP) is 7.69. The van der Waals surface area contributed by atoms with Crippen molar-refractivity contribution in [1.29, 1.82) is 0 Å². The molecular formula is C26H21Br2ClFN3O2. The van der Waals surface area contributed by atoms with E-state index in [-0.39, 0.29) is 23.9 Å². The Labute approximate surface area is 223 Å². The third-order valence-corrected chi connectivity index (χ3v) is 6.81. The monoisotopic (exact) mass is 619 g/mol. The van der Waals surface area contributed by atoms with E-state index in [1.54, 1.807) is 30.3 Å². The van der Waals surface area contributed by atoms with Crippen LogP contribution in [-0.2, 0) is 6.61 Å². The van der Waals surface area contributed by atoms with Crippen molar-refractivity contribution in [3.05, 3.63) is 102 Å². The molecule has 0 unspecified atom stereocenters. The van der Waals surface area contributed by atoms with Crippen LogP contribution in [0.25, 0.3) is 10.9 Å². The van der Waals surface area contributed by atoms with Crippen LogP contribution < -0.4 is 10.3 Å². The molecule has 1 aromatic heterocycles. The lowest BCUT2D eigenvalue weighted by Crippen LogP contribution is -2.23. The zero-order chi connectivity index (χ0) is 25.1. The van der Waals surface area contributed by atoms with Crippen molar-refractivity contribution in [1.82, 2.24) is 9.66 Å². The normalized spacial score (nSPS) is 12.4. The smallest absolute Gasteiger partial charge is 0.282 e. The van der Waals surface area contributed by atoms with Crippen LogP contribution in [0, 0.1) is 5.82 Å². The van der Waals surface area contributed by atoms with Gasteiger partial charge in [-0.2, -0.15) is 9.78 Å². The summed E-state index contributed by atoms with van der Waals surface area (Å²) in [5.41, 5.74) is 1.57. The molecule has 0 bridgehead atoms. The minimum absolute atomic E-state index is 0.00249. The highest BCUT2D eigenvalue weighted by molar-refractivity contribution is 9.10. The van der Waals surface area contributed by atoms with E-state index in [2.05, 4.69) is 37.0 Å². The van der Waals surface area contributed by atoms with Crippen LogP contribution in [-0.4, -0.2) is 15.9 Å². The number of ether oxygens (including phenoxy) is 1. The van der Waals surface area contributed by atoms with Crippen LogP contribution in [0.15, 0.2) is 73.4 Å². The fourth-order valence-electron chi connectivity index (χ4n) is 3.51. The molecule has 1 heterocycles. The molecule has 3 aromatic carbocycles. The minimum Gasteiger partial charge on any atom is -0.487 e. The van der Waals surface area contributed by atoms with E-state index in [0.717, 1.165) is 10.9 Å². The molecule has 0 N–H and O–H groups in total. The van der Waals surface area contributed by atoms with Crippen LogP contribution in [0.2, 0.25) is 5.02 Å². The van der Waals surface area contributed by atoms with Crippen molar-refractivity contribution < 1.29 is 9.13 Å². The second-order valence-corrected chi connectivity index (χ2v) is 10.2. The molecule has 0 fully saturated rings. The van der Waals surface area contributed by atoms with Gasteiger partial charge >= 0.3 is 0 Å². The molecule has 0 spiro atoms. The molecule has 35 heavy (non-hydrogen) atoms. The highest BCUT2D eigenvalue weighted by Crippen LogP contribution is 2.33. The van der Waals surface area contributed by atoms with Gasteiger partial charge in [0.25, 0.3) is 5.56 Å². The van der Waals surface area contributed by atoms with Crippen molar-refractivity contribution >= 4 is 60.6 Å². The van der Waals surface area contributed by atoms with Gasteiger partial charge in [0.15, 0.2) is 0 Å². The summed E-state index contributed by atoms with van der Waals surface area (Å²) < 4.78 is 22.3. The Morgan fingerprint density at radius 1 is 1.20 bits per heavy atom. The Hall–Kier alpha value is -2.55. The SMILES string of the molecule is CC[C@@H](C)c1nc2ccc(Br)cc2c(=O)n1N=Cc1cc(Cl)cc(Br)c1OCc1cccc(F)c1. The average Bonchev–Trinajstić information content (AvgIpc) is 2.82. The van der Waals surface area contributed by atoms with E-state index in [9.17, 15) is 9.18 Å². The fraction of sp³-hybridized carbons (Fsp3) is 0.192. The first kappa shape index (κ1) is 25.5. The number of rotatable bonds is 7. The molecule has 9 heteroatoms. The van der Waals surface area contributed by atoms with Gasteiger partial charge in [0, 0.05) is 21.0 Å². The number of fused-ring (bicyclic) bond motifs is 1. The number of hydrogen-bond donors (Lipinski definition) is 0. The second kappa shape index (κ2) is 11.0. The molecule has 0 aliphatic carbocycles. The molecule has 5 nitrogen and oxygen atoms in total. The standard InChI is InChI=1S/C26H21Br2ClFN3O2/c1-3-15(2)25-32-23-8-7-18(27)11-21(23)26(34)33(25)31-13-17-10-19(29)12-22(28)24(17)35-14-16-5-4-6-20(30)9-16/h4-13,15H,3,14H2,1-2H3/t15-/m1/s1. The first-order valence-electron chi connectivity index (χ1n) is 10.9. The van der Waals surface area contributed by atoms with Crippen molar-refractivity contribution in [3.8, 4) is 5.75 Å². The summed E-state index contributed by atoms with van der Waals surface area (Å²) in [5.74, 6) is 0.696. The van der Waals surface area contributed by atoms with Crippen molar-refractivity contribution in [2.45, 2.75) is 32.8 Å². The van der Waals surface area contributed by atoms with Gasteiger partial charge in [0.05, 0.1) is 21.6 Å². The Morgan fingerprint density at radius 2 is 2.00 bits per heavy atom. The summed E-state index contributed by atoms with van der Waals surface area (Å²) in [6, 6.07) is 15.0. The summed E-state index contributed by atoms with van der Waals surface area (Å²) in [7, 11) is 0. The van der Waals surface area contributed by atoms with Crippen molar-refractivity contribution in [3.63, 3.8) is 0 Å². The summed E-state index contributed by atoms with van der Waals surface area (Å²) >= 11 is 13.2. The van der Waals surface area contributed by atoms with E-state index in [1.165, 1.54) is 23.0 Å². The topological polar surface area (TPSA) is 56.5 Å². The van der Waals surface area contributed by atoms with Crippen LogP contribution >= 0.6 is 43.5 Å². The van der Waals surface area contributed by atoms with Crippen LogP contribution in [0.4, 0.5) is 4.39 Å². The van der Waals surface area contributed by atoms with Gasteiger partial charge in [0.1, 0.15) is 24.0 Å². The average molecular weight is 622 g/mol. The lowest BCUT2D eigenvalue weighted by atomic mass is 10.1. The molecule has 0 aliphatic heterocycles. The Kier molecular flexibility index (Phi) is 8.04. The highest BCUT2D eigenvalue weighted by atomic mass is 79.9. The molecule has 0 radical (unpaired) electrons. The summed E-state index contributed by atoms with van der Waals surface area (Å²) in [6.45, 7) is 4.17. The maximum atomic E-state index is 13.6. The lowest BCUT2D eigenvalue weighted by Gasteiger charge is -2.15. The first-order chi connectivity index (χ1) is 16.8. The highest BCUT2D eigenvalue weighted by Gasteiger charge is 2.16. The van der Waals surface area contributed by atoms with Gasteiger partial charge in [-0.05, 0) is 70.4 Å². The zero-order valence-corrected chi connectivity index (χ0v) is 22.9. The maximum absolute atomic E-state index is 13.6. The largest absolute Gasteiger partial charge is 0.487 e. The quantitative estimate of drug-likeness (QED) is 0.199. The van der Waals surface area contributed by atoms with E-state index >= 15 is 0 Å². The van der Waals surface area contributed by atoms with Gasteiger partial charge in [-0.25, -0.2) is 9.37 Å². The van der Waals surface area contributed by atoms with Crippen LogP contribution in [0.1, 0.15) is 43.1 Å². The third-order valence-electron chi connectivity index (χ3n) is 5.51. The lowest BCUT2D eigenvalue weighted by molar-refractivity contribution is 0.303. The zero-order valence-electron chi connectivity index (χ0n) is 18.9. The number of nitrogens with zero attached hydrogens (tertiary/aromatic N) is 3. The van der Waals surface area contributed by atoms with Crippen LogP contribution in [0.3, 0.4) is 0 Å². The van der Waals surface area contributed by atoms with Crippen molar-refractivity contribution in [2.24, 2.45) is 5.10 Å². The number of halogens is 4. The van der Waals surface area contributed by atoms with Gasteiger partial charge in [-0.1, -0.05) is 53.5 Å². The molecule has 180 valence electrons.